The van der Waals surface area contributed by atoms with Crippen LogP contribution in [0.15, 0.2) is 47.7 Å². The largest absolute Gasteiger partial charge is 0.509 e. The number of carbonyl (C=O) groups excluding carboxylic acids is 3. The first-order chi connectivity index (χ1) is 20.9. The maximum absolute atomic E-state index is 14.2. The zero-order valence-electron chi connectivity index (χ0n) is 25.0. The first kappa shape index (κ1) is 30.3. The summed E-state index contributed by atoms with van der Waals surface area (Å²) in [6.07, 6.45) is 4.14. The van der Waals surface area contributed by atoms with Crippen molar-refractivity contribution in [1.29, 1.82) is 0 Å². The second-order valence-corrected chi connectivity index (χ2v) is 13.0. The van der Waals surface area contributed by atoms with Crippen LogP contribution in [0.1, 0.15) is 64.0 Å². The topological polar surface area (TPSA) is 161 Å². The van der Waals surface area contributed by atoms with Gasteiger partial charge in [0.2, 0.25) is 5.78 Å². The second kappa shape index (κ2) is 10.7. The molecule has 7 atom stereocenters. The number of Topliss-reactive ketones (excluding diaryl/α,β-unsaturated/α-hetero) is 1. The number of carbonyl (C=O) groups is 3. The van der Waals surface area contributed by atoms with Crippen LogP contribution in [-0.4, -0.2) is 52.5 Å². The van der Waals surface area contributed by atoms with Crippen LogP contribution in [-0.2, 0) is 46.6 Å². The van der Waals surface area contributed by atoms with Gasteiger partial charge in [-0.1, -0.05) is 36.8 Å². The van der Waals surface area contributed by atoms with Gasteiger partial charge in [0.15, 0.2) is 23.8 Å². The average Bonchev–Trinajstić information content (AvgIpc) is 3.25. The van der Waals surface area contributed by atoms with Gasteiger partial charge in [-0.25, -0.2) is 4.79 Å². The van der Waals surface area contributed by atoms with E-state index in [1.165, 1.54) is 6.08 Å². The van der Waals surface area contributed by atoms with Gasteiger partial charge in [-0.3, -0.25) is 9.59 Å². The van der Waals surface area contributed by atoms with E-state index >= 15 is 0 Å². The highest BCUT2D eigenvalue weighted by Gasteiger charge is 2.75. The van der Waals surface area contributed by atoms with Crippen molar-refractivity contribution in [2.75, 3.05) is 13.2 Å². The Balaban J connectivity index is 1.43. The predicted octanol–water partition coefficient (Wildman–Crippen LogP) is 4.36. The molecule has 1 aromatic rings. The van der Waals surface area contributed by atoms with Crippen molar-refractivity contribution in [2.24, 2.45) is 28.6 Å². The van der Waals surface area contributed by atoms with Crippen molar-refractivity contribution in [1.82, 2.24) is 0 Å². The van der Waals surface area contributed by atoms with E-state index in [1.54, 1.807) is 37.3 Å². The summed E-state index contributed by atoms with van der Waals surface area (Å²) >= 11 is 0. The molecule has 12 nitrogen and oxygen atoms in total. The first-order valence-corrected chi connectivity index (χ1v) is 15.1. The van der Waals surface area contributed by atoms with Crippen LogP contribution in [0.5, 0.6) is 0 Å². The molecular weight excluding hydrogens is 574 g/mol. The van der Waals surface area contributed by atoms with Gasteiger partial charge in [0.25, 0.3) is 5.09 Å². The molecule has 0 radical (unpaired) electrons. The molecule has 6 aliphatic rings. The lowest BCUT2D eigenvalue weighted by molar-refractivity contribution is -0.763. The molecule has 2 heterocycles. The summed E-state index contributed by atoms with van der Waals surface area (Å²) in [5.74, 6) is -3.00. The number of hydrogen-bond donors (Lipinski definition) is 1. The third-order valence-electron chi connectivity index (χ3n) is 10.9. The van der Waals surface area contributed by atoms with Gasteiger partial charge < -0.3 is 28.9 Å². The van der Waals surface area contributed by atoms with Crippen molar-refractivity contribution >= 4 is 17.7 Å². The summed E-state index contributed by atoms with van der Waals surface area (Å²) in [6, 6.07) is 6.85. The Bertz CT molecular complexity index is 1450. The quantitative estimate of drug-likeness (QED) is 0.192. The first-order valence-electron chi connectivity index (χ1n) is 15.1. The normalized spacial score (nSPS) is 37.0. The number of ketones is 2. The fraction of sp³-hybridized carbons (Fsp3) is 0.594. The van der Waals surface area contributed by atoms with Gasteiger partial charge in [-0.05, 0) is 68.6 Å². The number of benzene rings is 1. The van der Waals surface area contributed by atoms with Crippen LogP contribution in [0.2, 0.25) is 0 Å². The van der Waals surface area contributed by atoms with E-state index in [-0.39, 0.29) is 50.3 Å². The molecule has 44 heavy (non-hydrogen) atoms. The molecule has 0 amide bonds. The molecule has 1 N–H and O–H groups in total. The zero-order valence-corrected chi connectivity index (χ0v) is 25.0. The average molecular weight is 612 g/mol. The van der Waals surface area contributed by atoms with Gasteiger partial charge in [-0.15, -0.1) is 10.1 Å². The van der Waals surface area contributed by atoms with E-state index in [9.17, 15) is 29.6 Å². The van der Waals surface area contributed by atoms with Crippen LogP contribution in [0.25, 0.3) is 0 Å². The lowest BCUT2D eigenvalue weighted by Gasteiger charge is -2.64. The molecule has 236 valence electrons. The standard InChI is InChI=1S/C32H37NO11/c1-4-40-28(36)44-31-12-11-24-23-10-9-21-13-22(34)14-26(41-17-25(31)35)30(21,3)27(23)32(37,18-29(24,31)2)42-15-19-5-7-20(8-6-19)16-43-33(38)39/h5-8,13-14,23-24,27,37H,4,9-12,15-18H2,1-3H3/t23-,24-,27?,29+,30+,31-,32+/m0/s1. The smallest absolute Gasteiger partial charge is 0.489 e. The molecule has 6 bridgehead atoms. The number of rotatable bonds is 8. The number of aliphatic hydroxyl groups is 1. The fourth-order valence-electron chi connectivity index (χ4n) is 9.11. The molecule has 0 aromatic heterocycles. The summed E-state index contributed by atoms with van der Waals surface area (Å²) in [6.45, 7) is 4.97. The minimum atomic E-state index is -1.83. The van der Waals surface area contributed by atoms with Crippen LogP contribution >= 0.6 is 0 Å². The van der Waals surface area contributed by atoms with E-state index in [4.69, 9.17) is 18.9 Å². The van der Waals surface area contributed by atoms with Crippen molar-refractivity contribution in [3.8, 4) is 0 Å². The number of nitrogens with zero attached hydrogens (tertiary/aromatic N) is 1. The Morgan fingerprint density at radius 1 is 1.11 bits per heavy atom. The zero-order chi connectivity index (χ0) is 31.5. The summed E-state index contributed by atoms with van der Waals surface area (Å²) < 4.78 is 23.8. The lowest BCUT2D eigenvalue weighted by Crippen LogP contribution is -2.69. The van der Waals surface area contributed by atoms with Crippen LogP contribution in [0, 0.1) is 38.7 Å². The van der Waals surface area contributed by atoms with E-state index in [1.807, 2.05) is 13.8 Å². The molecule has 1 aromatic carbocycles. The monoisotopic (exact) mass is 611 g/mol. The summed E-state index contributed by atoms with van der Waals surface area (Å²) in [5, 5.41) is 22.5. The molecule has 2 saturated heterocycles. The minimum Gasteiger partial charge on any atom is -0.489 e. The van der Waals surface area contributed by atoms with E-state index in [0.717, 1.165) is 5.57 Å². The molecule has 3 saturated carbocycles. The molecule has 4 aliphatic carbocycles. The summed E-state index contributed by atoms with van der Waals surface area (Å²) in [5.41, 5.74) is -1.42. The Kier molecular flexibility index (Phi) is 7.35. The molecule has 12 heteroatoms. The van der Waals surface area contributed by atoms with Gasteiger partial charge >= 0.3 is 6.16 Å². The van der Waals surface area contributed by atoms with Crippen molar-refractivity contribution in [3.63, 3.8) is 0 Å². The summed E-state index contributed by atoms with van der Waals surface area (Å²) in [7, 11) is 0. The number of allylic oxidation sites excluding steroid dienone is 3. The van der Waals surface area contributed by atoms with Gasteiger partial charge in [0, 0.05) is 23.8 Å². The number of hydrogen-bond acceptors (Lipinski definition) is 11. The third-order valence-corrected chi connectivity index (χ3v) is 10.9. The maximum Gasteiger partial charge on any atom is 0.509 e. The fourth-order valence-corrected chi connectivity index (χ4v) is 9.11. The van der Waals surface area contributed by atoms with Gasteiger partial charge in [0.1, 0.15) is 12.4 Å². The Hall–Kier alpha value is -3.77. The molecule has 7 rings (SSSR count). The molecule has 5 fully saturated rings. The second-order valence-electron chi connectivity index (χ2n) is 13.0. The number of fused-ring (bicyclic) bond motifs is 3. The third kappa shape index (κ3) is 4.52. The van der Waals surface area contributed by atoms with Crippen molar-refractivity contribution in [2.45, 2.75) is 77.5 Å². The molecule has 2 aliphatic heterocycles. The molecule has 1 unspecified atom stereocenters. The lowest BCUT2D eigenvalue weighted by atomic mass is 9.44. The van der Waals surface area contributed by atoms with Crippen molar-refractivity contribution < 1.29 is 48.4 Å². The number of ether oxygens (including phenoxy) is 4. The Labute approximate surface area is 254 Å². The van der Waals surface area contributed by atoms with E-state index in [0.29, 0.717) is 36.1 Å². The SMILES string of the molecule is CCOC(=O)O[C@@]12CC[C@H]3[C@@H]4CCC5=CC(=O)C=C(OCC1=O)[C@]5(C)C4[C@](O)(OCc1ccc(CO[N+](=O)[O-])cc1)C[C@]32C. The highest BCUT2D eigenvalue weighted by molar-refractivity contribution is 6.02. The Morgan fingerprint density at radius 3 is 2.50 bits per heavy atom. The molecular formula is C32H37NO11. The maximum atomic E-state index is 14.2. The van der Waals surface area contributed by atoms with Gasteiger partial charge in [-0.2, -0.15) is 0 Å². The van der Waals surface area contributed by atoms with Gasteiger partial charge in [0.05, 0.1) is 18.6 Å². The van der Waals surface area contributed by atoms with E-state index in [2.05, 4.69) is 4.84 Å². The Morgan fingerprint density at radius 2 is 1.82 bits per heavy atom. The van der Waals surface area contributed by atoms with E-state index < -0.39 is 51.8 Å². The predicted molar refractivity (Wildman–Crippen MR) is 151 cm³/mol. The van der Waals surface area contributed by atoms with Crippen LogP contribution in [0.4, 0.5) is 4.79 Å². The van der Waals surface area contributed by atoms with Crippen LogP contribution in [0.3, 0.4) is 0 Å². The highest BCUT2D eigenvalue weighted by atomic mass is 16.9. The van der Waals surface area contributed by atoms with Crippen molar-refractivity contribution in [3.05, 3.63) is 69.0 Å². The minimum absolute atomic E-state index is 0.00413. The highest BCUT2D eigenvalue weighted by Crippen LogP contribution is 2.72. The van der Waals surface area contributed by atoms with Crippen LogP contribution < -0.4 is 0 Å². The summed E-state index contributed by atoms with van der Waals surface area (Å²) in [4.78, 5) is 54.8. The molecule has 0 spiro atoms.